The fraction of sp³-hybridized carbons (Fsp3) is 0.0769. The molecule has 0 N–H and O–H groups in total. The maximum Gasteiger partial charge on any atom is 0.347 e. The van der Waals surface area contributed by atoms with Gasteiger partial charge in [0.05, 0.1) is 11.4 Å². The number of para-hydroxylation sites is 2. The minimum Gasteiger partial charge on any atom is -0.422 e. The smallest absolute Gasteiger partial charge is 0.347 e. The minimum atomic E-state index is -0.661. The summed E-state index contributed by atoms with van der Waals surface area (Å²) in [7, 11) is 1.85. The molecule has 0 bridgehead atoms. The average Bonchev–Trinajstić information content (AvgIpc) is 3.39. The van der Waals surface area contributed by atoms with Crippen molar-refractivity contribution in [3.8, 4) is 16.9 Å². The first-order valence-electron chi connectivity index (χ1n) is 10.4. The molecule has 0 atom stereocenters. The van der Waals surface area contributed by atoms with Crippen LogP contribution in [0.25, 0.3) is 34.0 Å². The molecule has 0 amide bonds. The molecule has 0 fully saturated rings. The Hall–Kier alpha value is -4.52. The summed E-state index contributed by atoms with van der Waals surface area (Å²) in [6.07, 6.45) is 6.79. The molecule has 0 aliphatic rings. The first kappa shape index (κ1) is 20.4. The van der Waals surface area contributed by atoms with Gasteiger partial charge in [-0.2, -0.15) is 10.2 Å². The lowest BCUT2D eigenvalue weighted by Gasteiger charge is -1.99. The summed E-state index contributed by atoms with van der Waals surface area (Å²) in [5.41, 5.74) is 3.78. The molecule has 0 radical (unpaired) electrons. The fourth-order valence-corrected chi connectivity index (χ4v) is 3.75. The molecule has 3 heterocycles. The van der Waals surface area contributed by atoms with Crippen LogP contribution in [0.3, 0.4) is 0 Å². The molecule has 0 saturated carbocycles. The van der Waals surface area contributed by atoms with Crippen molar-refractivity contribution in [3.63, 3.8) is 0 Å². The molecule has 33 heavy (non-hydrogen) atoms. The molecular formula is C26H20N4O3. The van der Waals surface area contributed by atoms with E-state index in [9.17, 15) is 9.59 Å². The normalized spacial score (nSPS) is 11.5. The number of hydrogen-bond donors (Lipinski definition) is 0. The number of allylic oxidation sites excluding steroid dienone is 1. The maximum absolute atomic E-state index is 12.9. The van der Waals surface area contributed by atoms with E-state index in [1.807, 2.05) is 62.8 Å². The van der Waals surface area contributed by atoms with E-state index < -0.39 is 11.4 Å². The van der Waals surface area contributed by atoms with Gasteiger partial charge in [0.25, 0.3) is 0 Å². The van der Waals surface area contributed by atoms with Gasteiger partial charge >= 0.3 is 5.63 Å². The van der Waals surface area contributed by atoms with Gasteiger partial charge in [-0.05, 0) is 43.3 Å². The average molecular weight is 436 g/mol. The van der Waals surface area contributed by atoms with Crippen molar-refractivity contribution < 1.29 is 9.21 Å². The number of nitrogens with zero attached hydrogens (tertiary/aromatic N) is 4. The quantitative estimate of drug-likeness (QED) is 0.229. The van der Waals surface area contributed by atoms with Gasteiger partial charge in [0.2, 0.25) is 0 Å². The molecule has 2 aromatic carbocycles. The van der Waals surface area contributed by atoms with Crippen LogP contribution in [0.4, 0.5) is 0 Å². The van der Waals surface area contributed by atoms with E-state index >= 15 is 0 Å². The zero-order chi connectivity index (χ0) is 22.9. The Labute approximate surface area is 189 Å². The Kier molecular flexibility index (Phi) is 5.06. The second kappa shape index (κ2) is 8.20. The van der Waals surface area contributed by atoms with Gasteiger partial charge in [0, 0.05) is 36.0 Å². The predicted molar refractivity (Wildman–Crippen MR) is 126 cm³/mol. The third-order valence-corrected chi connectivity index (χ3v) is 5.35. The van der Waals surface area contributed by atoms with E-state index in [0.717, 1.165) is 22.5 Å². The van der Waals surface area contributed by atoms with Crippen LogP contribution < -0.4 is 5.63 Å². The van der Waals surface area contributed by atoms with E-state index in [4.69, 9.17) is 9.52 Å². The van der Waals surface area contributed by atoms with Gasteiger partial charge in [-0.3, -0.25) is 9.48 Å². The van der Waals surface area contributed by atoms with Crippen LogP contribution in [0.15, 0.2) is 88.3 Å². The van der Waals surface area contributed by atoms with Crippen molar-refractivity contribution in [2.75, 3.05) is 0 Å². The van der Waals surface area contributed by atoms with E-state index in [-0.39, 0.29) is 5.56 Å². The summed E-state index contributed by atoms with van der Waals surface area (Å²) in [4.78, 5) is 25.2. The SMILES string of the molecule is Cc1nn(C)cc1-c1nn(-c2ccccc2)cc1/C=C/C(=O)c1cc2ccccc2oc1=O. The highest BCUT2D eigenvalue weighted by Crippen LogP contribution is 2.27. The monoisotopic (exact) mass is 436 g/mol. The molecule has 7 nitrogen and oxygen atoms in total. The molecule has 7 heteroatoms. The molecule has 5 rings (SSSR count). The standard InChI is InChI=1S/C26H20N4O3/c1-17-22(16-29(2)27-17)25-19(15-30(28-25)20-9-4-3-5-10-20)12-13-23(31)21-14-18-8-6-7-11-24(18)33-26(21)32/h3-16H,1-2H3/b13-12+. The number of benzene rings is 2. The number of carbonyl (C=O) groups excluding carboxylic acids is 1. The highest BCUT2D eigenvalue weighted by atomic mass is 16.4. The summed E-state index contributed by atoms with van der Waals surface area (Å²) < 4.78 is 8.79. The highest BCUT2D eigenvalue weighted by Gasteiger charge is 2.16. The Morgan fingerprint density at radius 1 is 1.00 bits per heavy atom. The lowest BCUT2D eigenvalue weighted by Crippen LogP contribution is -2.11. The number of fused-ring (bicyclic) bond motifs is 1. The van der Waals surface area contributed by atoms with E-state index in [2.05, 4.69) is 5.10 Å². The third-order valence-electron chi connectivity index (χ3n) is 5.35. The molecule has 0 aliphatic carbocycles. The molecule has 5 aromatic rings. The second-order valence-corrected chi connectivity index (χ2v) is 7.70. The van der Waals surface area contributed by atoms with E-state index in [1.54, 1.807) is 39.7 Å². The van der Waals surface area contributed by atoms with Crippen LogP contribution in [-0.4, -0.2) is 25.3 Å². The molecule has 0 spiro atoms. The number of carbonyl (C=O) groups is 1. The molecule has 3 aromatic heterocycles. The Bertz CT molecular complexity index is 1570. The molecule has 0 saturated heterocycles. The molecule has 0 unspecified atom stereocenters. The van der Waals surface area contributed by atoms with Crippen LogP contribution in [0.1, 0.15) is 21.6 Å². The van der Waals surface area contributed by atoms with Crippen molar-refractivity contribution in [2.24, 2.45) is 7.05 Å². The van der Waals surface area contributed by atoms with Gasteiger partial charge in [-0.1, -0.05) is 36.4 Å². The molecule has 162 valence electrons. The van der Waals surface area contributed by atoms with Crippen LogP contribution in [0.2, 0.25) is 0 Å². The van der Waals surface area contributed by atoms with E-state index in [1.165, 1.54) is 6.08 Å². The lowest BCUT2D eigenvalue weighted by molar-refractivity contribution is 0.104. The van der Waals surface area contributed by atoms with Crippen molar-refractivity contribution in [3.05, 3.63) is 106 Å². The first-order valence-corrected chi connectivity index (χ1v) is 10.4. The van der Waals surface area contributed by atoms with Crippen molar-refractivity contribution >= 4 is 22.8 Å². The molecule has 0 aliphatic heterocycles. The summed E-state index contributed by atoms with van der Waals surface area (Å²) >= 11 is 0. The highest BCUT2D eigenvalue weighted by molar-refractivity contribution is 6.08. The van der Waals surface area contributed by atoms with Crippen molar-refractivity contribution in [1.82, 2.24) is 19.6 Å². The van der Waals surface area contributed by atoms with Gasteiger partial charge in [0.1, 0.15) is 16.8 Å². The van der Waals surface area contributed by atoms with Crippen LogP contribution in [-0.2, 0) is 7.05 Å². The largest absolute Gasteiger partial charge is 0.422 e. The second-order valence-electron chi connectivity index (χ2n) is 7.70. The predicted octanol–water partition coefficient (Wildman–Crippen LogP) is 4.58. The summed E-state index contributed by atoms with van der Waals surface area (Å²) in [5.74, 6) is -0.434. The van der Waals surface area contributed by atoms with Gasteiger partial charge in [-0.15, -0.1) is 0 Å². The van der Waals surface area contributed by atoms with E-state index in [0.29, 0.717) is 16.7 Å². The van der Waals surface area contributed by atoms with Crippen LogP contribution in [0.5, 0.6) is 0 Å². The summed E-state index contributed by atoms with van der Waals surface area (Å²) in [5, 5.41) is 9.86. The zero-order valence-electron chi connectivity index (χ0n) is 18.1. The summed E-state index contributed by atoms with van der Waals surface area (Å²) in [6, 6.07) is 18.4. The van der Waals surface area contributed by atoms with Crippen molar-refractivity contribution in [2.45, 2.75) is 6.92 Å². The Balaban J connectivity index is 1.56. The van der Waals surface area contributed by atoms with Gasteiger partial charge in [0.15, 0.2) is 5.78 Å². The Morgan fingerprint density at radius 2 is 1.76 bits per heavy atom. The third kappa shape index (κ3) is 3.92. The number of aromatic nitrogens is 4. The van der Waals surface area contributed by atoms with Gasteiger partial charge in [-0.25, -0.2) is 9.48 Å². The zero-order valence-corrected chi connectivity index (χ0v) is 18.1. The van der Waals surface area contributed by atoms with Crippen LogP contribution in [0, 0.1) is 6.92 Å². The molecular weight excluding hydrogens is 416 g/mol. The number of hydrogen-bond acceptors (Lipinski definition) is 5. The van der Waals surface area contributed by atoms with Gasteiger partial charge < -0.3 is 4.42 Å². The Morgan fingerprint density at radius 3 is 2.52 bits per heavy atom. The van der Waals surface area contributed by atoms with Crippen molar-refractivity contribution in [1.29, 1.82) is 0 Å². The fourth-order valence-electron chi connectivity index (χ4n) is 3.75. The number of ketones is 1. The summed E-state index contributed by atoms with van der Waals surface area (Å²) in [6.45, 7) is 1.91. The topological polar surface area (TPSA) is 82.9 Å². The van der Waals surface area contributed by atoms with Crippen LogP contribution >= 0.6 is 0 Å². The first-order chi connectivity index (χ1) is 16.0. The lowest BCUT2D eigenvalue weighted by atomic mass is 10.1. The minimum absolute atomic E-state index is 0.0143. The number of aryl methyl sites for hydroxylation is 2. The number of rotatable bonds is 5. The maximum atomic E-state index is 12.9.